The van der Waals surface area contributed by atoms with Crippen LogP contribution in [0.15, 0.2) is 35.7 Å². The van der Waals surface area contributed by atoms with Crippen molar-refractivity contribution in [2.24, 2.45) is 0 Å². The molecule has 1 heterocycles. The zero-order valence-corrected chi connectivity index (χ0v) is 12.2. The number of phenols is 1. The fourth-order valence-corrected chi connectivity index (χ4v) is 2.56. The number of thiophene rings is 1. The maximum absolute atomic E-state index is 12.0. The monoisotopic (exact) mass is 291 g/mol. The van der Waals surface area contributed by atoms with Gasteiger partial charge in [-0.2, -0.15) is 0 Å². The van der Waals surface area contributed by atoms with Gasteiger partial charge >= 0.3 is 0 Å². The molecule has 2 aromatic rings. The molecule has 0 aliphatic heterocycles. The van der Waals surface area contributed by atoms with Gasteiger partial charge < -0.3 is 15.5 Å². The number of carbonyl (C=O) groups excluding carboxylic acids is 1. The summed E-state index contributed by atoms with van der Waals surface area (Å²) in [7, 11) is 0. The molecule has 106 valence electrons. The summed E-state index contributed by atoms with van der Waals surface area (Å²) in [6, 6.07) is 8.43. The molecule has 1 unspecified atom stereocenters. The number of rotatable bonds is 4. The highest BCUT2D eigenvalue weighted by molar-refractivity contribution is 7.10. The molecule has 20 heavy (non-hydrogen) atoms. The van der Waals surface area contributed by atoms with Crippen LogP contribution in [0.4, 0.5) is 0 Å². The molecule has 0 spiro atoms. The number of phenolic OH excluding ortho intramolecular Hbond substituents is 1. The molecule has 0 saturated heterocycles. The highest BCUT2D eigenvalue weighted by Crippen LogP contribution is 2.24. The lowest BCUT2D eigenvalue weighted by Gasteiger charge is -2.22. The summed E-state index contributed by atoms with van der Waals surface area (Å²) in [6.07, 6.45) is 0. The van der Waals surface area contributed by atoms with Gasteiger partial charge in [0.05, 0.1) is 6.54 Å². The Morgan fingerprint density at radius 2 is 2.15 bits per heavy atom. The first-order valence-electron chi connectivity index (χ1n) is 6.24. The molecule has 2 rings (SSSR count). The van der Waals surface area contributed by atoms with Crippen LogP contribution in [0.5, 0.6) is 5.75 Å². The molecule has 1 amide bonds. The first-order chi connectivity index (χ1) is 9.40. The molecule has 1 aromatic heterocycles. The first-order valence-corrected chi connectivity index (χ1v) is 7.12. The van der Waals surface area contributed by atoms with Gasteiger partial charge in [0.25, 0.3) is 5.91 Å². The third-order valence-corrected chi connectivity index (χ3v) is 4.24. The van der Waals surface area contributed by atoms with E-state index in [-0.39, 0.29) is 18.2 Å². The molecule has 0 aliphatic carbocycles. The quantitative estimate of drug-likeness (QED) is 0.810. The van der Waals surface area contributed by atoms with Crippen LogP contribution in [0.3, 0.4) is 0 Å². The van der Waals surface area contributed by atoms with Gasteiger partial charge in [-0.1, -0.05) is 12.1 Å². The summed E-state index contributed by atoms with van der Waals surface area (Å²) >= 11 is 1.44. The lowest BCUT2D eigenvalue weighted by Crippen LogP contribution is -2.38. The van der Waals surface area contributed by atoms with E-state index in [1.54, 1.807) is 26.0 Å². The van der Waals surface area contributed by atoms with Gasteiger partial charge in [-0.3, -0.25) is 4.79 Å². The third kappa shape index (κ3) is 3.18. The standard InChI is InChI=1S/C15H17NO3S/c1-10-5-6-11(8-12(10)17)14(18)16-9-15(2,19)13-4-3-7-20-13/h3-8,17,19H,9H2,1-2H3,(H,16,18). The summed E-state index contributed by atoms with van der Waals surface area (Å²) < 4.78 is 0. The van der Waals surface area contributed by atoms with Crippen molar-refractivity contribution in [3.63, 3.8) is 0 Å². The summed E-state index contributed by atoms with van der Waals surface area (Å²) in [5, 5.41) is 24.5. The molecule has 5 heteroatoms. The first kappa shape index (κ1) is 14.6. The Balaban J connectivity index is 2.03. The SMILES string of the molecule is Cc1ccc(C(=O)NCC(C)(O)c2cccs2)cc1O. The predicted molar refractivity (Wildman–Crippen MR) is 79.1 cm³/mol. The third-order valence-electron chi connectivity index (χ3n) is 3.12. The number of carbonyl (C=O) groups is 1. The van der Waals surface area contributed by atoms with Gasteiger partial charge in [0.15, 0.2) is 0 Å². The largest absolute Gasteiger partial charge is 0.508 e. The Hall–Kier alpha value is -1.85. The Kier molecular flexibility index (Phi) is 4.11. The van der Waals surface area contributed by atoms with Gasteiger partial charge in [0, 0.05) is 10.4 Å². The molecule has 0 aliphatic rings. The summed E-state index contributed by atoms with van der Waals surface area (Å²) in [5.74, 6) is -0.236. The van der Waals surface area contributed by atoms with Gasteiger partial charge in [0.1, 0.15) is 11.4 Å². The van der Waals surface area contributed by atoms with E-state index in [4.69, 9.17) is 0 Å². The Morgan fingerprint density at radius 3 is 2.75 bits per heavy atom. The van der Waals surface area contributed by atoms with Crippen molar-refractivity contribution in [1.82, 2.24) is 5.32 Å². The maximum Gasteiger partial charge on any atom is 0.251 e. The van der Waals surface area contributed by atoms with E-state index in [9.17, 15) is 15.0 Å². The van der Waals surface area contributed by atoms with Crippen molar-refractivity contribution in [2.75, 3.05) is 6.54 Å². The minimum absolute atomic E-state index is 0.0858. The van der Waals surface area contributed by atoms with Crippen molar-refractivity contribution >= 4 is 17.2 Å². The minimum atomic E-state index is -1.10. The lowest BCUT2D eigenvalue weighted by molar-refractivity contribution is 0.0556. The Bertz CT molecular complexity index is 606. The molecule has 4 nitrogen and oxygen atoms in total. The number of nitrogens with one attached hydrogen (secondary N) is 1. The van der Waals surface area contributed by atoms with E-state index in [1.165, 1.54) is 17.4 Å². The molecule has 0 fully saturated rings. The number of hydrogen-bond acceptors (Lipinski definition) is 4. The Labute approximate surface area is 121 Å². The van der Waals surface area contributed by atoms with Crippen LogP contribution in [0.25, 0.3) is 0 Å². The molecular formula is C15H17NO3S. The second-order valence-electron chi connectivity index (χ2n) is 4.94. The fraction of sp³-hybridized carbons (Fsp3) is 0.267. The van der Waals surface area contributed by atoms with Crippen molar-refractivity contribution in [1.29, 1.82) is 0 Å². The van der Waals surface area contributed by atoms with Crippen LogP contribution in [-0.2, 0) is 5.60 Å². The number of aromatic hydroxyl groups is 1. The smallest absolute Gasteiger partial charge is 0.251 e. The highest BCUT2D eigenvalue weighted by Gasteiger charge is 2.25. The minimum Gasteiger partial charge on any atom is -0.508 e. The van der Waals surface area contributed by atoms with Crippen LogP contribution in [-0.4, -0.2) is 22.7 Å². The van der Waals surface area contributed by atoms with Crippen molar-refractivity contribution in [2.45, 2.75) is 19.4 Å². The van der Waals surface area contributed by atoms with Gasteiger partial charge in [0.2, 0.25) is 0 Å². The number of aryl methyl sites for hydroxylation is 1. The highest BCUT2D eigenvalue weighted by atomic mass is 32.1. The van der Waals surface area contributed by atoms with Gasteiger partial charge in [-0.05, 0) is 43.0 Å². The lowest BCUT2D eigenvalue weighted by atomic mass is 10.0. The number of aliphatic hydroxyl groups is 1. The molecule has 3 N–H and O–H groups in total. The zero-order chi connectivity index (χ0) is 14.8. The predicted octanol–water partition coefficient (Wildman–Crippen LogP) is 2.40. The molecule has 1 aromatic carbocycles. The zero-order valence-electron chi connectivity index (χ0n) is 11.4. The van der Waals surface area contributed by atoms with Crippen LogP contribution in [0, 0.1) is 6.92 Å². The molecular weight excluding hydrogens is 274 g/mol. The Morgan fingerprint density at radius 1 is 1.40 bits per heavy atom. The van der Waals surface area contributed by atoms with Crippen molar-refractivity contribution < 1.29 is 15.0 Å². The topological polar surface area (TPSA) is 69.6 Å². The summed E-state index contributed by atoms with van der Waals surface area (Å²) in [6.45, 7) is 3.53. The number of hydrogen-bond donors (Lipinski definition) is 3. The number of benzene rings is 1. The van der Waals surface area contributed by atoms with E-state index < -0.39 is 5.60 Å². The van der Waals surface area contributed by atoms with Gasteiger partial charge in [-0.15, -0.1) is 11.3 Å². The van der Waals surface area contributed by atoms with E-state index in [0.717, 1.165) is 4.88 Å². The van der Waals surface area contributed by atoms with Crippen LogP contribution < -0.4 is 5.32 Å². The fourth-order valence-electron chi connectivity index (χ4n) is 1.78. The van der Waals surface area contributed by atoms with Gasteiger partial charge in [-0.25, -0.2) is 0 Å². The summed E-state index contributed by atoms with van der Waals surface area (Å²) in [5.41, 5.74) is -0.0152. The molecule has 0 radical (unpaired) electrons. The summed E-state index contributed by atoms with van der Waals surface area (Å²) in [4.78, 5) is 12.8. The van der Waals surface area contributed by atoms with Crippen molar-refractivity contribution in [3.8, 4) is 5.75 Å². The van der Waals surface area contributed by atoms with E-state index in [0.29, 0.717) is 11.1 Å². The van der Waals surface area contributed by atoms with Crippen molar-refractivity contribution in [3.05, 3.63) is 51.7 Å². The normalized spacial score (nSPS) is 13.8. The maximum atomic E-state index is 12.0. The van der Waals surface area contributed by atoms with E-state index >= 15 is 0 Å². The molecule has 0 saturated carbocycles. The second kappa shape index (κ2) is 5.64. The second-order valence-corrected chi connectivity index (χ2v) is 5.88. The van der Waals surface area contributed by atoms with E-state index in [2.05, 4.69) is 5.32 Å². The average Bonchev–Trinajstić information content (AvgIpc) is 2.94. The van der Waals surface area contributed by atoms with E-state index in [1.807, 2.05) is 17.5 Å². The molecule has 0 bridgehead atoms. The average molecular weight is 291 g/mol. The van der Waals surface area contributed by atoms with Crippen LogP contribution in [0.1, 0.15) is 27.7 Å². The molecule has 1 atom stereocenters. The van der Waals surface area contributed by atoms with Crippen LogP contribution in [0.2, 0.25) is 0 Å². The van der Waals surface area contributed by atoms with Crippen LogP contribution >= 0.6 is 11.3 Å². The number of amides is 1.